The molecule has 1 heterocycles. The number of carbonyl (C=O) groups excluding carboxylic acids is 2. The number of esters is 2. The Bertz CT molecular complexity index is 1280. The Hall–Kier alpha value is -2.39. The summed E-state index contributed by atoms with van der Waals surface area (Å²) in [7, 11) is -4.61. The molecule has 13 heteroatoms. The maximum absolute atomic E-state index is 12.8. The summed E-state index contributed by atoms with van der Waals surface area (Å²) in [6.07, 6.45) is 32.9. The summed E-state index contributed by atoms with van der Waals surface area (Å²) in [5, 5.41) is 30.9. The molecule has 0 aromatic heterocycles. The van der Waals surface area contributed by atoms with Crippen molar-refractivity contribution in [2.24, 2.45) is 0 Å². The number of hydrogen-bond acceptors (Lipinski definition) is 11. The molecule has 0 aromatic rings. The molecule has 1 fully saturated rings. The molecule has 0 aliphatic carbocycles. The third-order valence-corrected chi connectivity index (χ3v) is 10.9. The molecular weight excluding hydrogens is 777 g/mol. The van der Waals surface area contributed by atoms with Crippen molar-refractivity contribution >= 4 is 22.1 Å². The second kappa shape index (κ2) is 36.3. The Morgan fingerprint density at radius 3 is 1.54 bits per heavy atom. The lowest BCUT2D eigenvalue weighted by Gasteiger charge is -2.40. The highest BCUT2D eigenvalue weighted by Crippen LogP contribution is 2.24. The van der Waals surface area contributed by atoms with Crippen molar-refractivity contribution in [2.75, 3.05) is 19.0 Å². The third-order valence-electron chi connectivity index (χ3n) is 10.1. The molecule has 0 aromatic carbocycles. The molecule has 0 bridgehead atoms. The number of ether oxygens (including phenoxy) is 4. The fraction of sp³-hybridized carbons (Fsp3) is 0.783. The molecular formula is C46H80O12S. The molecule has 0 saturated carbocycles. The van der Waals surface area contributed by atoms with Crippen molar-refractivity contribution < 1.29 is 56.8 Å². The van der Waals surface area contributed by atoms with Crippen LogP contribution in [0.4, 0.5) is 0 Å². The van der Waals surface area contributed by atoms with Crippen LogP contribution in [0.2, 0.25) is 0 Å². The minimum atomic E-state index is -4.61. The van der Waals surface area contributed by atoms with Gasteiger partial charge in [0.15, 0.2) is 12.4 Å². The zero-order valence-corrected chi connectivity index (χ0v) is 37.2. The van der Waals surface area contributed by atoms with E-state index in [1.165, 1.54) is 44.9 Å². The molecule has 4 N–H and O–H groups in total. The minimum absolute atomic E-state index is 0.151. The lowest BCUT2D eigenvalue weighted by molar-refractivity contribution is -0.297. The quantitative estimate of drug-likeness (QED) is 0.0201. The molecule has 1 saturated heterocycles. The van der Waals surface area contributed by atoms with E-state index in [9.17, 15) is 37.9 Å². The molecule has 12 nitrogen and oxygen atoms in total. The van der Waals surface area contributed by atoms with Crippen molar-refractivity contribution in [3.8, 4) is 0 Å². The van der Waals surface area contributed by atoms with Gasteiger partial charge in [-0.1, -0.05) is 140 Å². The highest BCUT2D eigenvalue weighted by atomic mass is 32.2. The average Bonchev–Trinajstić information content (AvgIpc) is 3.20. The van der Waals surface area contributed by atoms with Crippen LogP contribution in [0.1, 0.15) is 174 Å². The van der Waals surface area contributed by atoms with Gasteiger partial charge >= 0.3 is 11.9 Å². The molecule has 0 spiro atoms. The predicted octanol–water partition coefficient (Wildman–Crippen LogP) is 9.17. The average molecular weight is 857 g/mol. The van der Waals surface area contributed by atoms with E-state index in [1.54, 1.807) is 0 Å². The largest absolute Gasteiger partial charge is 0.462 e. The van der Waals surface area contributed by atoms with Gasteiger partial charge in [-0.05, 0) is 70.6 Å². The van der Waals surface area contributed by atoms with E-state index in [2.05, 4.69) is 62.5 Å². The van der Waals surface area contributed by atoms with Gasteiger partial charge in [-0.3, -0.25) is 14.1 Å². The molecule has 0 radical (unpaired) electrons. The number of carbonyl (C=O) groups is 2. The highest BCUT2D eigenvalue weighted by molar-refractivity contribution is 7.85. The fourth-order valence-electron chi connectivity index (χ4n) is 6.55. The van der Waals surface area contributed by atoms with Crippen LogP contribution in [0.25, 0.3) is 0 Å². The molecule has 0 amide bonds. The van der Waals surface area contributed by atoms with Crippen LogP contribution in [0, 0.1) is 0 Å². The van der Waals surface area contributed by atoms with E-state index in [0.717, 1.165) is 89.9 Å². The summed E-state index contributed by atoms with van der Waals surface area (Å²) in [5.41, 5.74) is 0. The third kappa shape index (κ3) is 31.2. The van der Waals surface area contributed by atoms with Gasteiger partial charge in [-0.25, -0.2) is 0 Å². The van der Waals surface area contributed by atoms with E-state index in [0.29, 0.717) is 12.8 Å². The minimum Gasteiger partial charge on any atom is -0.462 e. The lowest BCUT2D eigenvalue weighted by atomic mass is 10.00. The number of hydrogen-bond donors (Lipinski definition) is 4. The van der Waals surface area contributed by atoms with E-state index in [1.807, 2.05) is 0 Å². The summed E-state index contributed by atoms with van der Waals surface area (Å²) in [6.45, 7) is 3.67. The standard InChI is InChI=1S/C46H80O12S/c1-3-5-7-9-11-13-15-17-19-20-21-23-25-27-29-31-33-35-42(48)57-39(37-56-46-45(51)44(50)43(49)40(58-46)38-59(52,53)54)36-55-41(47)34-32-30-28-26-24-22-18-16-14-12-10-8-6-4-2/h10-13,16-19,39-40,43-46,49-51H,3-9,14-15,20-38H2,1-2H3,(H,52,53,54)/b12-10+,13-11+,18-16+,19-17+/t39-,40-,43-,44?,45?,46+/m1/s1. The van der Waals surface area contributed by atoms with Crippen LogP contribution in [-0.4, -0.2) is 96.0 Å². The second-order valence-corrected chi connectivity index (χ2v) is 17.2. The Morgan fingerprint density at radius 1 is 0.576 bits per heavy atom. The molecule has 1 aliphatic rings. The summed E-state index contributed by atoms with van der Waals surface area (Å²) in [5.74, 6) is -2.01. The van der Waals surface area contributed by atoms with Crippen molar-refractivity contribution in [1.82, 2.24) is 0 Å². The van der Waals surface area contributed by atoms with Gasteiger partial charge in [0.2, 0.25) is 0 Å². The predicted molar refractivity (Wildman–Crippen MR) is 233 cm³/mol. The lowest BCUT2D eigenvalue weighted by Crippen LogP contribution is -2.60. The van der Waals surface area contributed by atoms with Crippen LogP contribution in [-0.2, 0) is 38.7 Å². The summed E-state index contributed by atoms with van der Waals surface area (Å²) >= 11 is 0. The van der Waals surface area contributed by atoms with Gasteiger partial charge < -0.3 is 34.3 Å². The number of unbranched alkanes of at least 4 members (excludes halogenated alkanes) is 17. The van der Waals surface area contributed by atoms with Gasteiger partial charge in [0, 0.05) is 12.8 Å². The SMILES string of the molecule is CCCC/C=C/C/C=C/CCCCCCCC(=O)OC[C@H](CO[C@H]1O[C@H](CS(=O)(=O)O)[C@@H](O)C(O)C1O)OC(=O)CCCCCCCCC/C=C/C/C=C/CCCCC. The van der Waals surface area contributed by atoms with Gasteiger partial charge in [0.1, 0.15) is 36.8 Å². The number of aliphatic hydroxyl groups excluding tert-OH is 3. The second-order valence-electron chi connectivity index (χ2n) is 15.7. The van der Waals surface area contributed by atoms with Crippen LogP contribution < -0.4 is 0 Å². The van der Waals surface area contributed by atoms with Crippen molar-refractivity contribution in [2.45, 2.75) is 211 Å². The zero-order valence-electron chi connectivity index (χ0n) is 36.3. The van der Waals surface area contributed by atoms with Gasteiger partial charge in [0.25, 0.3) is 10.1 Å². The Balaban J connectivity index is 2.46. The Kier molecular flexibility index (Phi) is 33.6. The molecule has 59 heavy (non-hydrogen) atoms. The van der Waals surface area contributed by atoms with Gasteiger partial charge in [-0.15, -0.1) is 0 Å². The summed E-state index contributed by atoms with van der Waals surface area (Å²) in [6, 6.07) is 0. The Labute approximate surface area is 356 Å². The first-order valence-corrected chi connectivity index (χ1v) is 24.3. The molecule has 2 unspecified atom stereocenters. The van der Waals surface area contributed by atoms with Crippen LogP contribution in [0.5, 0.6) is 0 Å². The van der Waals surface area contributed by atoms with Gasteiger partial charge in [-0.2, -0.15) is 8.42 Å². The van der Waals surface area contributed by atoms with Gasteiger partial charge in [0.05, 0.1) is 6.61 Å². The Morgan fingerprint density at radius 2 is 1.03 bits per heavy atom. The maximum Gasteiger partial charge on any atom is 0.306 e. The number of allylic oxidation sites excluding steroid dienone is 8. The highest BCUT2D eigenvalue weighted by Gasteiger charge is 2.46. The van der Waals surface area contributed by atoms with Crippen molar-refractivity contribution in [3.63, 3.8) is 0 Å². The first kappa shape index (κ1) is 54.6. The van der Waals surface area contributed by atoms with Crippen LogP contribution >= 0.6 is 0 Å². The maximum atomic E-state index is 12.8. The van der Waals surface area contributed by atoms with E-state index >= 15 is 0 Å². The summed E-state index contributed by atoms with van der Waals surface area (Å²) < 4.78 is 54.0. The molecule has 1 aliphatic heterocycles. The molecule has 1 rings (SSSR count). The van der Waals surface area contributed by atoms with Crippen molar-refractivity contribution in [1.29, 1.82) is 0 Å². The number of aliphatic hydroxyl groups is 3. The summed E-state index contributed by atoms with van der Waals surface area (Å²) in [4.78, 5) is 25.4. The van der Waals surface area contributed by atoms with Crippen LogP contribution in [0.3, 0.4) is 0 Å². The van der Waals surface area contributed by atoms with E-state index < -0.39 is 71.2 Å². The van der Waals surface area contributed by atoms with E-state index in [4.69, 9.17) is 18.9 Å². The number of rotatable bonds is 37. The van der Waals surface area contributed by atoms with Crippen LogP contribution in [0.15, 0.2) is 48.6 Å². The van der Waals surface area contributed by atoms with E-state index in [-0.39, 0.29) is 19.4 Å². The first-order valence-electron chi connectivity index (χ1n) is 22.7. The van der Waals surface area contributed by atoms with Crippen molar-refractivity contribution in [3.05, 3.63) is 48.6 Å². The molecule has 6 atom stereocenters. The molecule has 342 valence electrons. The monoisotopic (exact) mass is 857 g/mol. The zero-order chi connectivity index (χ0) is 43.4. The smallest absolute Gasteiger partial charge is 0.306 e. The fourth-order valence-corrected chi connectivity index (χ4v) is 7.24. The first-order chi connectivity index (χ1) is 28.5. The topological polar surface area (TPSA) is 186 Å². The normalized spacial score (nSPS) is 20.7.